The Kier molecular flexibility index (Phi) is 4.58. The van der Waals surface area contributed by atoms with Gasteiger partial charge in [0.2, 0.25) is 0 Å². The van der Waals surface area contributed by atoms with Crippen LogP contribution in [0.25, 0.3) is 0 Å². The second kappa shape index (κ2) is 6.31. The lowest BCUT2D eigenvalue weighted by Gasteiger charge is -2.30. The van der Waals surface area contributed by atoms with E-state index in [2.05, 4.69) is 48.9 Å². The Hall–Kier alpha value is -0.900. The first-order valence-electron chi connectivity index (χ1n) is 8.48. The van der Waals surface area contributed by atoms with Gasteiger partial charge >= 0.3 is 0 Å². The van der Waals surface area contributed by atoms with Crippen LogP contribution in [0.15, 0.2) is 18.2 Å². The predicted octanol–water partition coefficient (Wildman–Crippen LogP) is 2.70. The van der Waals surface area contributed by atoms with Crippen molar-refractivity contribution >= 4 is 0 Å². The fraction of sp³-hybridized carbons (Fsp3) is 0.684. The topological polar surface area (TPSA) is 15.7 Å². The minimum Gasteiger partial charge on any atom is -0.384 e. The summed E-state index contributed by atoms with van der Waals surface area (Å²) in [5.41, 5.74) is 4.73. The van der Waals surface area contributed by atoms with E-state index in [1.807, 2.05) is 7.11 Å². The van der Waals surface area contributed by atoms with Crippen molar-refractivity contribution < 1.29 is 4.74 Å². The number of hydrogen-bond acceptors (Lipinski definition) is 3. The molecule has 122 valence electrons. The minimum absolute atomic E-state index is 0.447. The van der Waals surface area contributed by atoms with Crippen molar-refractivity contribution in [3.05, 3.63) is 34.9 Å². The molecule has 0 bridgehead atoms. The zero-order chi connectivity index (χ0) is 15.7. The number of nitrogens with zero attached hydrogens (tertiary/aromatic N) is 2. The lowest BCUT2D eigenvalue weighted by molar-refractivity contribution is 0.0958. The molecule has 0 unspecified atom stereocenters. The number of hydrogen-bond donors (Lipinski definition) is 0. The number of aryl methyl sites for hydroxylation is 2. The zero-order valence-electron chi connectivity index (χ0n) is 14.6. The largest absolute Gasteiger partial charge is 0.384 e. The van der Waals surface area contributed by atoms with Gasteiger partial charge in [-0.05, 0) is 45.0 Å². The van der Waals surface area contributed by atoms with Gasteiger partial charge in [0.05, 0.1) is 6.61 Å². The summed E-state index contributed by atoms with van der Waals surface area (Å²) >= 11 is 0. The Morgan fingerprint density at radius 2 is 2.09 bits per heavy atom. The quantitative estimate of drug-likeness (QED) is 0.850. The monoisotopic (exact) mass is 302 g/mol. The summed E-state index contributed by atoms with van der Waals surface area (Å²) in [5.74, 6) is 0.686. The maximum atomic E-state index is 5.50. The molecule has 0 amide bonds. The van der Waals surface area contributed by atoms with E-state index in [0.29, 0.717) is 11.3 Å². The van der Waals surface area contributed by atoms with E-state index in [9.17, 15) is 0 Å². The molecule has 2 aliphatic heterocycles. The summed E-state index contributed by atoms with van der Waals surface area (Å²) in [5, 5.41) is 0. The third-order valence-electron chi connectivity index (χ3n) is 5.71. The molecule has 0 saturated carbocycles. The molecule has 3 nitrogen and oxygen atoms in total. The van der Waals surface area contributed by atoms with Crippen molar-refractivity contribution in [2.75, 3.05) is 46.9 Å². The predicted molar refractivity (Wildman–Crippen MR) is 91.1 cm³/mol. The molecule has 2 saturated heterocycles. The van der Waals surface area contributed by atoms with Gasteiger partial charge in [0.25, 0.3) is 0 Å². The van der Waals surface area contributed by atoms with Gasteiger partial charge in [0, 0.05) is 44.6 Å². The molecule has 1 aromatic carbocycles. The molecule has 2 atom stereocenters. The first kappa shape index (κ1) is 16.0. The SMILES string of the molecule is COC[C@@H]1CN(C)C[C@]12CCN(Cc1cc(C)ccc1C)C2. The van der Waals surface area contributed by atoms with E-state index in [4.69, 9.17) is 4.74 Å². The Bertz CT molecular complexity index is 530. The molecule has 1 aromatic rings. The van der Waals surface area contributed by atoms with Gasteiger partial charge < -0.3 is 9.64 Å². The Labute approximate surface area is 135 Å². The average Bonchev–Trinajstić information content (AvgIpc) is 2.99. The molecule has 0 aliphatic carbocycles. The number of rotatable bonds is 4. The highest BCUT2D eigenvalue weighted by Crippen LogP contribution is 2.43. The lowest BCUT2D eigenvalue weighted by atomic mass is 9.77. The van der Waals surface area contributed by atoms with Crippen molar-refractivity contribution in [3.8, 4) is 0 Å². The smallest absolute Gasteiger partial charge is 0.0509 e. The van der Waals surface area contributed by atoms with E-state index in [-0.39, 0.29) is 0 Å². The fourth-order valence-electron chi connectivity index (χ4n) is 4.52. The number of ether oxygens (including phenoxy) is 1. The van der Waals surface area contributed by atoms with Gasteiger partial charge in [-0.15, -0.1) is 0 Å². The van der Waals surface area contributed by atoms with Crippen LogP contribution in [-0.4, -0.2) is 56.7 Å². The average molecular weight is 302 g/mol. The summed E-state index contributed by atoms with van der Waals surface area (Å²) in [4.78, 5) is 5.15. The van der Waals surface area contributed by atoms with Crippen LogP contribution in [0.3, 0.4) is 0 Å². The molecule has 0 radical (unpaired) electrons. The van der Waals surface area contributed by atoms with Gasteiger partial charge in [-0.3, -0.25) is 4.90 Å². The van der Waals surface area contributed by atoms with E-state index in [1.165, 1.54) is 49.3 Å². The second-order valence-corrected chi connectivity index (χ2v) is 7.60. The van der Waals surface area contributed by atoms with Crippen molar-refractivity contribution in [2.24, 2.45) is 11.3 Å². The molecule has 0 N–H and O–H groups in total. The highest BCUT2D eigenvalue weighted by Gasteiger charge is 2.49. The summed E-state index contributed by atoms with van der Waals surface area (Å²) < 4.78 is 5.50. The molecule has 2 fully saturated rings. The van der Waals surface area contributed by atoms with E-state index >= 15 is 0 Å². The van der Waals surface area contributed by atoms with Crippen molar-refractivity contribution in [1.29, 1.82) is 0 Å². The van der Waals surface area contributed by atoms with Crippen LogP contribution in [0.4, 0.5) is 0 Å². The normalized spacial score (nSPS) is 29.7. The maximum Gasteiger partial charge on any atom is 0.0509 e. The number of benzene rings is 1. The van der Waals surface area contributed by atoms with E-state index < -0.39 is 0 Å². The molecule has 3 heteroatoms. The first-order chi connectivity index (χ1) is 10.5. The van der Waals surface area contributed by atoms with Crippen LogP contribution < -0.4 is 0 Å². The van der Waals surface area contributed by atoms with Crippen LogP contribution in [0.1, 0.15) is 23.1 Å². The molecular formula is C19H30N2O. The van der Waals surface area contributed by atoms with Crippen molar-refractivity contribution in [2.45, 2.75) is 26.8 Å². The van der Waals surface area contributed by atoms with Gasteiger partial charge in [-0.1, -0.05) is 23.8 Å². The summed E-state index contributed by atoms with van der Waals surface area (Å²) in [7, 11) is 4.10. The Balaban J connectivity index is 1.70. The van der Waals surface area contributed by atoms with Crippen molar-refractivity contribution in [3.63, 3.8) is 0 Å². The van der Waals surface area contributed by atoms with Crippen LogP contribution in [0.2, 0.25) is 0 Å². The lowest BCUT2D eigenvalue weighted by Crippen LogP contribution is -2.36. The third kappa shape index (κ3) is 3.08. The molecule has 3 rings (SSSR count). The van der Waals surface area contributed by atoms with Crippen LogP contribution in [0, 0.1) is 25.2 Å². The van der Waals surface area contributed by atoms with Gasteiger partial charge in [0.15, 0.2) is 0 Å². The molecule has 22 heavy (non-hydrogen) atoms. The van der Waals surface area contributed by atoms with Gasteiger partial charge in [0.1, 0.15) is 0 Å². The summed E-state index contributed by atoms with van der Waals surface area (Å²) in [6.07, 6.45) is 1.32. The minimum atomic E-state index is 0.447. The van der Waals surface area contributed by atoms with Gasteiger partial charge in [-0.2, -0.15) is 0 Å². The summed E-state index contributed by atoms with van der Waals surface area (Å²) in [6.45, 7) is 11.3. The standard InChI is InChI=1S/C19H30N2O/c1-15-5-6-16(2)17(9-15)10-21-8-7-19(14-21)13-20(3)11-18(19)12-22-4/h5-6,9,18H,7-8,10-14H2,1-4H3/t18-,19-/m0/s1. The highest BCUT2D eigenvalue weighted by molar-refractivity contribution is 5.30. The number of methoxy groups -OCH3 is 1. The van der Waals surface area contributed by atoms with Crippen LogP contribution >= 0.6 is 0 Å². The molecule has 2 heterocycles. The molecule has 0 aromatic heterocycles. The van der Waals surface area contributed by atoms with E-state index in [0.717, 1.165) is 13.2 Å². The van der Waals surface area contributed by atoms with Crippen molar-refractivity contribution in [1.82, 2.24) is 9.80 Å². The Morgan fingerprint density at radius 1 is 1.27 bits per heavy atom. The zero-order valence-corrected chi connectivity index (χ0v) is 14.6. The second-order valence-electron chi connectivity index (χ2n) is 7.60. The molecule has 2 aliphatic rings. The van der Waals surface area contributed by atoms with Crippen LogP contribution in [0.5, 0.6) is 0 Å². The molecular weight excluding hydrogens is 272 g/mol. The van der Waals surface area contributed by atoms with E-state index in [1.54, 1.807) is 0 Å². The highest BCUT2D eigenvalue weighted by atomic mass is 16.5. The molecule has 1 spiro atoms. The Morgan fingerprint density at radius 3 is 2.86 bits per heavy atom. The first-order valence-corrected chi connectivity index (χ1v) is 8.48. The maximum absolute atomic E-state index is 5.50. The fourth-order valence-corrected chi connectivity index (χ4v) is 4.52. The number of likely N-dealkylation sites (tertiary alicyclic amines) is 2. The third-order valence-corrected chi connectivity index (χ3v) is 5.71. The summed E-state index contributed by atoms with van der Waals surface area (Å²) in [6, 6.07) is 6.83. The van der Waals surface area contributed by atoms with Gasteiger partial charge in [-0.25, -0.2) is 0 Å². The van der Waals surface area contributed by atoms with Crippen LogP contribution in [-0.2, 0) is 11.3 Å².